The maximum absolute atomic E-state index is 9.85. The Hall–Kier alpha value is -1.22. The van der Waals surface area contributed by atoms with Crippen molar-refractivity contribution in [3.05, 3.63) is 22.8 Å². The van der Waals surface area contributed by atoms with E-state index in [2.05, 4.69) is 0 Å². The number of methoxy groups -OCH3 is 1. The molecule has 3 nitrogen and oxygen atoms in total. The lowest BCUT2D eigenvalue weighted by Crippen LogP contribution is -2.23. The fourth-order valence-corrected chi connectivity index (χ4v) is 1.92. The van der Waals surface area contributed by atoms with Crippen molar-refractivity contribution in [2.24, 2.45) is 0 Å². The van der Waals surface area contributed by atoms with Gasteiger partial charge in [0.25, 0.3) is 0 Å². The first-order chi connectivity index (χ1) is 7.35. The van der Waals surface area contributed by atoms with Crippen molar-refractivity contribution >= 4 is 0 Å². The van der Waals surface area contributed by atoms with E-state index in [4.69, 9.17) is 4.74 Å². The molecule has 1 rings (SSSR count). The highest BCUT2D eigenvalue weighted by Gasteiger charge is 2.25. The molecule has 0 unspecified atom stereocenters. The molecular weight excluding hydrogens is 204 g/mol. The summed E-state index contributed by atoms with van der Waals surface area (Å²) in [5, 5.41) is 19.2. The van der Waals surface area contributed by atoms with Gasteiger partial charge in [0.05, 0.1) is 13.7 Å². The third kappa shape index (κ3) is 2.00. The Kier molecular flexibility index (Phi) is 3.48. The number of aliphatic hydroxyl groups is 1. The van der Waals surface area contributed by atoms with Crippen LogP contribution in [0.3, 0.4) is 0 Å². The number of hydrogen-bond donors (Lipinski definition) is 2. The van der Waals surface area contributed by atoms with Gasteiger partial charge in [-0.3, -0.25) is 0 Å². The molecule has 0 radical (unpaired) electrons. The molecule has 0 saturated heterocycles. The smallest absolute Gasteiger partial charge is 0.163 e. The molecule has 0 amide bonds. The van der Waals surface area contributed by atoms with E-state index in [0.717, 1.165) is 16.7 Å². The number of phenolic OH excluding ortho intramolecular Hbond substituents is 1. The Bertz CT molecular complexity index is 395. The predicted molar refractivity (Wildman–Crippen MR) is 64.2 cm³/mol. The zero-order valence-corrected chi connectivity index (χ0v) is 10.6. The van der Waals surface area contributed by atoms with Crippen LogP contribution in [0.15, 0.2) is 6.07 Å². The van der Waals surface area contributed by atoms with Crippen molar-refractivity contribution in [1.82, 2.24) is 0 Å². The van der Waals surface area contributed by atoms with Gasteiger partial charge in [0, 0.05) is 5.41 Å². The van der Waals surface area contributed by atoms with Gasteiger partial charge >= 0.3 is 0 Å². The fourth-order valence-electron chi connectivity index (χ4n) is 1.92. The van der Waals surface area contributed by atoms with E-state index in [0.29, 0.717) is 5.75 Å². The Morgan fingerprint density at radius 3 is 2.25 bits per heavy atom. The van der Waals surface area contributed by atoms with Crippen LogP contribution in [0.1, 0.15) is 30.5 Å². The molecule has 0 atom stereocenters. The van der Waals surface area contributed by atoms with Crippen LogP contribution >= 0.6 is 0 Å². The molecule has 1 aromatic rings. The van der Waals surface area contributed by atoms with E-state index in [1.165, 1.54) is 0 Å². The molecule has 0 aliphatic carbocycles. The third-order valence-electron chi connectivity index (χ3n) is 3.15. The molecule has 0 aromatic heterocycles. The molecule has 16 heavy (non-hydrogen) atoms. The van der Waals surface area contributed by atoms with Crippen LogP contribution in [0.4, 0.5) is 0 Å². The molecule has 1 aromatic carbocycles. The van der Waals surface area contributed by atoms with Gasteiger partial charge in [0.2, 0.25) is 0 Å². The number of hydrogen-bond acceptors (Lipinski definition) is 3. The SMILES string of the molecule is COc1c(O)cc(C(C)(C)CO)c(C)c1C. The number of benzene rings is 1. The van der Waals surface area contributed by atoms with Gasteiger partial charge in [-0.2, -0.15) is 0 Å². The fraction of sp³-hybridized carbons (Fsp3) is 0.538. The summed E-state index contributed by atoms with van der Waals surface area (Å²) in [4.78, 5) is 0. The lowest BCUT2D eigenvalue weighted by atomic mass is 9.81. The maximum atomic E-state index is 9.85. The molecule has 3 heteroatoms. The minimum Gasteiger partial charge on any atom is -0.504 e. The lowest BCUT2D eigenvalue weighted by molar-refractivity contribution is 0.217. The van der Waals surface area contributed by atoms with Crippen LogP contribution in [0.25, 0.3) is 0 Å². The summed E-state index contributed by atoms with van der Waals surface area (Å²) in [6.45, 7) is 7.81. The molecule has 2 N–H and O–H groups in total. The quantitative estimate of drug-likeness (QED) is 0.828. The van der Waals surface area contributed by atoms with Crippen LogP contribution in [0, 0.1) is 13.8 Å². The minimum atomic E-state index is -0.363. The van der Waals surface area contributed by atoms with E-state index >= 15 is 0 Å². The van der Waals surface area contributed by atoms with E-state index in [1.807, 2.05) is 27.7 Å². The van der Waals surface area contributed by atoms with Crippen molar-refractivity contribution in [2.45, 2.75) is 33.1 Å². The second-order valence-corrected chi connectivity index (χ2v) is 4.77. The van der Waals surface area contributed by atoms with Gasteiger partial charge in [0.15, 0.2) is 11.5 Å². The predicted octanol–water partition coefficient (Wildman–Crippen LogP) is 2.29. The molecule has 0 heterocycles. The molecule has 90 valence electrons. The molecule has 0 spiro atoms. The number of phenols is 1. The second-order valence-electron chi connectivity index (χ2n) is 4.77. The molecule has 0 aliphatic rings. The van der Waals surface area contributed by atoms with Crippen molar-refractivity contribution in [2.75, 3.05) is 13.7 Å². The summed E-state index contributed by atoms with van der Waals surface area (Å²) in [6.07, 6.45) is 0. The normalized spacial score (nSPS) is 11.6. The number of rotatable bonds is 3. The Morgan fingerprint density at radius 2 is 1.81 bits per heavy atom. The summed E-state index contributed by atoms with van der Waals surface area (Å²) < 4.78 is 5.15. The minimum absolute atomic E-state index is 0.0407. The van der Waals surface area contributed by atoms with Gasteiger partial charge in [-0.25, -0.2) is 0 Å². The zero-order valence-electron chi connectivity index (χ0n) is 10.6. The standard InChI is InChI=1S/C13H20O3/c1-8-9(2)12(16-5)11(15)6-10(8)13(3,4)7-14/h6,14-15H,7H2,1-5H3. The zero-order chi connectivity index (χ0) is 12.5. The summed E-state index contributed by atoms with van der Waals surface area (Å²) in [5.74, 6) is 0.636. The lowest BCUT2D eigenvalue weighted by Gasteiger charge is -2.26. The highest BCUT2D eigenvalue weighted by Crippen LogP contribution is 2.38. The van der Waals surface area contributed by atoms with Crippen molar-refractivity contribution in [3.63, 3.8) is 0 Å². The third-order valence-corrected chi connectivity index (χ3v) is 3.15. The number of ether oxygens (including phenoxy) is 1. The number of aromatic hydroxyl groups is 1. The van der Waals surface area contributed by atoms with Crippen LogP contribution in [-0.4, -0.2) is 23.9 Å². The first-order valence-electron chi connectivity index (χ1n) is 5.33. The molecule has 0 bridgehead atoms. The Labute approximate surface area is 96.7 Å². The van der Waals surface area contributed by atoms with Gasteiger partial charge < -0.3 is 14.9 Å². The maximum Gasteiger partial charge on any atom is 0.163 e. The van der Waals surface area contributed by atoms with Gasteiger partial charge in [0.1, 0.15) is 0 Å². The second kappa shape index (κ2) is 4.34. The Balaban J connectivity index is 3.45. The Morgan fingerprint density at radius 1 is 1.25 bits per heavy atom. The summed E-state index contributed by atoms with van der Waals surface area (Å²) in [7, 11) is 1.54. The van der Waals surface area contributed by atoms with Crippen molar-refractivity contribution in [3.8, 4) is 11.5 Å². The first kappa shape index (κ1) is 12.8. The summed E-state index contributed by atoms with van der Waals surface area (Å²) in [6, 6.07) is 1.68. The highest BCUT2D eigenvalue weighted by molar-refractivity contribution is 5.54. The topological polar surface area (TPSA) is 49.7 Å². The average Bonchev–Trinajstić information content (AvgIpc) is 2.24. The molecule has 0 aliphatic heterocycles. The van der Waals surface area contributed by atoms with Crippen LogP contribution in [-0.2, 0) is 5.41 Å². The van der Waals surface area contributed by atoms with E-state index < -0.39 is 0 Å². The summed E-state index contributed by atoms with van der Waals surface area (Å²) >= 11 is 0. The first-order valence-corrected chi connectivity index (χ1v) is 5.33. The van der Waals surface area contributed by atoms with Crippen LogP contribution in [0.5, 0.6) is 11.5 Å². The van der Waals surface area contributed by atoms with Crippen LogP contribution < -0.4 is 4.74 Å². The average molecular weight is 224 g/mol. The van der Waals surface area contributed by atoms with Gasteiger partial charge in [-0.1, -0.05) is 13.8 Å². The van der Waals surface area contributed by atoms with E-state index in [1.54, 1.807) is 13.2 Å². The van der Waals surface area contributed by atoms with E-state index in [-0.39, 0.29) is 17.8 Å². The van der Waals surface area contributed by atoms with Gasteiger partial charge in [-0.15, -0.1) is 0 Å². The van der Waals surface area contributed by atoms with E-state index in [9.17, 15) is 10.2 Å². The summed E-state index contributed by atoms with van der Waals surface area (Å²) in [5.41, 5.74) is 2.55. The van der Waals surface area contributed by atoms with Gasteiger partial charge in [-0.05, 0) is 36.6 Å². The van der Waals surface area contributed by atoms with Crippen molar-refractivity contribution < 1.29 is 14.9 Å². The largest absolute Gasteiger partial charge is 0.504 e. The molecule has 0 fully saturated rings. The van der Waals surface area contributed by atoms with Crippen molar-refractivity contribution in [1.29, 1.82) is 0 Å². The monoisotopic (exact) mass is 224 g/mol. The highest BCUT2D eigenvalue weighted by atomic mass is 16.5. The molecule has 0 saturated carbocycles. The number of aliphatic hydroxyl groups excluding tert-OH is 1. The van der Waals surface area contributed by atoms with Crippen LogP contribution in [0.2, 0.25) is 0 Å². The molecular formula is C13H20O3.